The lowest BCUT2D eigenvalue weighted by molar-refractivity contribution is -0.134. The number of carbonyl (C=O) groups is 1. The topological polar surface area (TPSA) is 123 Å². The molecular formula is C2H6O6S. The Morgan fingerprint density at radius 3 is 1.78 bits per heavy atom. The van der Waals surface area contributed by atoms with Gasteiger partial charge in [0, 0.05) is 0 Å². The van der Waals surface area contributed by atoms with Gasteiger partial charge in [-0.3, -0.25) is 9.35 Å². The number of carboxylic acids is 1. The molecule has 56 valence electrons. The quantitative estimate of drug-likeness (QED) is 0.456. The zero-order valence-electron chi connectivity index (χ0n) is 4.23. The van der Waals surface area contributed by atoms with Crippen molar-refractivity contribution in [3.05, 3.63) is 0 Å². The van der Waals surface area contributed by atoms with Crippen LogP contribution in [0.2, 0.25) is 0 Å². The summed E-state index contributed by atoms with van der Waals surface area (Å²) >= 11 is 0. The Morgan fingerprint density at radius 1 is 1.44 bits per heavy atom. The molecule has 0 aliphatic heterocycles. The first kappa shape index (κ1) is 11.2. The molecule has 0 amide bonds. The SMILES string of the molecule is O.O=C(O)CS(=O)(=O)O. The Morgan fingerprint density at radius 2 is 1.78 bits per heavy atom. The summed E-state index contributed by atoms with van der Waals surface area (Å²) in [5, 5.41) is 7.71. The van der Waals surface area contributed by atoms with Crippen LogP contribution in [0.1, 0.15) is 0 Å². The summed E-state index contributed by atoms with van der Waals surface area (Å²) in [5.41, 5.74) is 0. The largest absolute Gasteiger partial charge is 0.480 e. The molecule has 0 rings (SSSR count). The molecule has 4 N–H and O–H groups in total. The summed E-state index contributed by atoms with van der Waals surface area (Å²) < 4.78 is 27.0. The average Bonchev–Trinajstić information content (AvgIpc) is 1.21. The second-order valence-corrected chi connectivity index (χ2v) is 2.57. The van der Waals surface area contributed by atoms with Gasteiger partial charge in [0.2, 0.25) is 0 Å². The van der Waals surface area contributed by atoms with Crippen LogP contribution in [-0.2, 0) is 14.9 Å². The minimum absolute atomic E-state index is 0. The van der Waals surface area contributed by atoms with E-state index in [2.05, 4.69) is 0 Å². The van der Waals surface area contributed by atoms with Gasteiger partial charge in [-0.05, 0) is 0 Å². The highest BCUT2D eigenvalue weighted by Crippen LogP contribution is 1.78. The monoisotopic (exact) mass is 158 g/mol. The van der Waals surface area contributed by atoms with E-state index in [0.717, 1.165) is 0 Å². The highest BCUT2D eigenvalue weighted by molar-refractivity contribution is 7.86. The van der Waals surface area contributed by atoms with Crippen LogP contribution in [0.4, 0.5) is 0 Å². The first-order valence-electron chi connectivity index (χ1n) is 1.59. The number of hydrogen-bond donors (Lipinski definition) is 2. The van der Waals surface area contributed by atoms with E-state index in [1.165, 1.54) is 0 Å². The third-order valence-corrected chi connectivity index (χ3v) is 0.918. The van der Waals surface area contributed by atoms with Crippen molar-refractivity contribution in [3.63, 3.8) is 0 Å². The predicted octanol–water partition coefficient (Wildman–Crippen LogP) is -1.87. The van der Waals surface area contributed by atoms with Gasteiger partial charge in [-0.1, -0.05) is 0 Å². The van der Waals surface area contributed by atoms with Gasteiger partial charge in [-0.2, -0.15) is 8.42 Å². The predicted molar refractivity (Wildman–Crippen MR) is 27.7 cm³/mol. The van der Waals surface area contributed by atoms with Crippen LogP contribution in [-0.4, -0.2) is 35.3 Å². The van der Waals surface area contributed by atoms with Crippen molar-refractivity contribution < 1.29 is 28.3 Å². The second kappa shape index (κ2) is 3.38. The molecule has 0 spiro atoms. The van der Waals surface area contributed by atoms with Crippen LogP contribution >= 0.6 is 0 Å². The van der Waals surface area contributed by atoms with Crippen LogP contribution in [0.15, 0.2) is 0 Å². The third-order valence-electron chi connectivity index (χ3n) is 0.306. The van der Waals surface area contributed by atoms with Gasteiger partial charge in [-0.15, -0.1) is 0 Å². The van der Waals surface area contributed by atoms with Gasteiger partial charge >= 0.3 is 5.97 Å². The molecule has 0 aromatic carbocycles. The smallest absolute Gasteiger partial charge is 0.321 e. The van der Waals surface area contributed by atoms with Crippen molar-refractivity contribution in [1.82, 2.24) is 0 Å². The fourth-order valence-electron chi connectivity index (χ4n) is 0.156. The number of rotatable bonds is 2. The molecule has 0 atom stereocenters. The molecule has 0 saturated carbocycles. The molecule has 0 aliphatic rings. The number of carboxylic acid groups (broad SMARTS) is 1. The maximum absolute atomic E-state index is 9.62. The van der Waals surface area contributed by atoms with Crippen LogP contribution in [0.5, 0.6) is 0 Å². The van der Waals surface area contributed by atoms with Gasteiger partial charge in [0.15, 0.2) is 5.75 Å². The molecule has 0 aliphatic carbocycles. The maximum Gasteiger partial charge on any atom is 0.321 e. The van der Waals surface area contributed by atoms with Crippen molar-refractivity contribution in [2.24, 2.45) is 0 Å². The maximum atomic E-state index is 9.62. The molecule has 6 nitrogen and oxygen atoms in total. The van der Waals surface area contributed by atoms with Gasteiger partial charge in [0.1, 0.15) is 0 Å². The Bertz CT molecular complexity index is 177. The minimum Gasteiger partial charge on any atom is -0.480 e. The number of aliphatic carboxylic acids is 1. The molecular weight excluding hydrogens is 152 g/mol. The summed E-state index contributed by atoms with van der Waals surface area (Å²) in [6.45, 7) is 0. The molecule has 0 bridgehead atoms. The summed E-state index contributed by atoms with van der Waals surface area (Å²) in [5.74, 6) is -2.79. The van der Waals surface area contributed by atoms with Gasteiger partial charge in [0.05, 0.1) is 0 Å². The fraction of sp³-hybridized carbons (Fsp3) is 0.500. The summed E-state index contributed by atoms with van der Waals surface area (Å²) in [6, 6.07) is 0. The second-order valence-electron chi connectivity index (χ2n) is 1.12. The number of hydrogen-bond acceptors (Lipinski definition) is 3. The van der Waals surface area contributed by atoms with E-state index >= 15 is 0 Å². The molecule has 0 radical (unpaired) electrons. The highest BCUT2D eigenvalue weighted by atomic mass is 32.2. The third kappa shape index (κ3) is 11.1. The zero-order valence-corrected chi connectivity index (χ0v) is 5.05. The molecule has 7 heteroatoms. The van der Waals surface area contributed by atoms with E-state index < -0.39 is 21.8 Å². The van der Waals surface area contributed by atoms with Crippen molar-refractivity contribution in [2.75, 3.05) is 5.75 Å². The van der Waals surface area contributed by atoms with E-state index in [-0.39, 0.29) is 5.48 Å². The molecule has 0 heterocycles. The molecule has 0 aromatic rings. The Balaban J connectivity index is 0. The average molecular weight is 158 g/mol. The Labute approximate surface area is 51.2 Å². The molecule has 0 unspecified atom stereocenters. The first-order valence-corrected chi connectivity index (χ1v) is 3.20. The summed E-state index contributed by atoms with van der Waals surface area (Å²) in [4.78, 5) is 9.48. The van der Waals surface area contributed by atoms with Gasteiger partial charge in [-0.25, -0.2) is 0 Å². The summed E-state index contributed by atoms with van der Waals surface area (Å²) in [7, 11) is -4.32. The van der Waals surface area contributed by atoms with E-state index in [0.29, 0.717) is 0 Å². The lowest BCUT2D eigenvalue weighted by atomic mass is 10.8. The van der Waals surface area contributed by atoms with Crippen molar-refractivity contribution in [2.45, 2.75) is 0 Å². The highest BCUT2D eigenvalue weighted by Gasteiger charge is 2.09. The lowest BCUT2D eigenvalue weighted by Gasteiger charge is -1.85. The van der Waals surface area contributed by atoms with E-state index in [4.69, 9.17) is 9.66 Å². The lowest BCUT2D eigenvalue weighted by Crippen LogP contribution is -2.13. The van der Waals surface area contributed by atoms with Crippen LogP contribution in [0.3, 0.4) is 0 Å². The minimum atomic E-state index is -4.32. The van der Waals surface area contributed by atoms with E-state index in [9.17, 15) is 13.2 Å². The Hall–Kier alpha value is -0.660. The van der Waals surface area contributed by atoms with Gasteiger partial charge in [0.25, 0.3) is 10.1 Å². The molecule has 0 aromatic heterocycles. The van der Waals surface area contributed by atoms with Crippen LogP contribution in [0.25, 0.3) is 0 Å². The van der Waals surface area contributed by atoms with E-state index in [1.54, 1.807) is 0 Å². The molecule has 0 fully saturated rings. The molecule has 9 heavy (non-hydrogen) atoms. The zero-order chi connectivity index (χ0) is 6.78. The standard InChI is InChI=1S/C2H4O5S.H2O/c3-2(4)1-8(5,6)7;/h1H2,(H,3,4)(H,5,6,7);1H2. The normalized spacial score (nSPS) is 9.89. The van der Waals surface area contributed by atoms with Crippen molar-refractivity contribution in [1.29, 1.82) is 0 Å². The van der Waals surface area contributed by atoms with Crippen LogP contribution in [0, 0.1) is 0 Å². The molecule has 0 saturated heterocycles. The van der Waals surface area contributed by atoms with Crippen molar-refractivity contribution in [3.8, 4) is 0 Å². The van der Waals surface area contributed by atoms with Gasteiger partial charge < -0.3 is 10.6 Å². The Kier molecular flexibility index (Phi) is 4.20. The summed E-state index contributed by atoms with van der Waals surface area (Å²) in [6.07, 6.45) is 0. The fourth-order valence-corrected chi connectivity index (χ4v) is 0.468. The first-order chi connectivity index (χ1) is 3.42. The van der Waals surface area contributed by atoms with Crippen molar-refractivity contribution >= 4 is 16.1 Å². The van der Waals surface area contributed by atoms with Crippen LogP contribution < -0.4 is 0 Å². The van der Waals surface area contributed by atoms with E-state index in [1.807, 2.05) is 0 Å².